The Hall–Kier alpha value is -1.17. The second-order valence-electron chi connectivity index (χ2n) is 5.21. The number of benzene rings is 1. The summed E-state index contributed by atoms with van der Waals surface area (Å²) >= 11 is 5.86. The summed E-state index contributed by atoms with van der Waals surface area (Å²) in [7, 11) is 0. The lowest BCUT2D eigenvalue weighted by atomic mass is 10.3. The van der Waals surface area contributed by atoms with Crippen LogP contribution in [0.15, 0.2) is 18.2 Å². The van der Waals surface area contributed by atoms with Gasteiger partial charge >= 0.3 is 0 Å². The maximum absolute atomic E-state index is 13.3. The van der Waals surface area contributed by atoms with E-state index in [2.05, 4.69) is 14.5 Å². The number of aryl methyl sites for hydroxylation is 1. The highest BCUT2D eigenvalue weighted by molar-refractivity contribution is 6.17. The minimum absolute atomic E-state index is 0.252. The van der Waals surface area contributed by atoms with E-state index in [9.17, 15) is 4.39 Å². The smallest absolute Gasteiger partial charge is 0.125 e. The summed E-state index contributed by atoms with van der Waals surface area (Å²) in [6.07, 6.45) is 0.695. The first-order valence-electron chi connectivity index (χ1n) is 7.28. The van der Waals surface area contributed by atoms with Gasteiger partial charge in [0.25, 0.3) is 0 Å². The van der Waals surface area contributed by atoms with Gasteiger partial charge in [0.2, 0.25) is 0 Å². The van der Waals surface area contributed by atoms with Crippen molar-refractivity contribution in [2.75, 3.05) is 38.7 Å². The van der Waals surface area contributed by atoms with E-state index in [1.165, 1.54) is 12.1 Å². The average Bonchev–Trinajstić information content (AvgIpc) is 2.83. The number of halogens is 2. The van der Waals surface area contributed by atoms with Gasteiger partial charge < -0.3 is 9.30 Å². The van der Waals surface area contributed by atoms with Crippen molar-refractivity contribution >= 4 is 22.6 Å². The van der Waals surface area contributed by atoms with Gasteiger partial charge in [-0.1, -0.05) is 0 Å². The first-order chi connectivity index (χ1) is 10.3. The molecule has 4 nitrogen and oxygen atoms in total. The van der Waals surface area contributed by atoms with Crippen LogP contribution in [0.2, 0.25) is 0 Å². The van der Waals surface area contributed by atoms with Crippen molar-refractivity contribution in [3.05, 3.63) is 29.8 Å². The molecular formula is C15H19ClFN3O. The Kier molecular flexibility index (Phi) is 4.73. The fraction of sp³-hybridized carbons (Fsp3) is 0.533. The van der Waals surface area contributed by atoms with Crippen molar-refractivity contribution in [3.63, 3.8) is 0 Å². The van der Waals surface area contributed by atoms with Crippen molar-refractivity contribution < 1.29 is 9.13 Å². The summed E-state index contributed by atoms with van der Waals surface area (Å²) in [5.74, 6) is 1.19. The molecule has 2 aromatic rings. The number of aromatic nitrogens is 2. The second kappa shape index (κ2) is 6.73. The van der Waals surface area contributed by atoms with Crippen LogP contribution >= 0.6 is 11.6 Å². The minimum Gasteiger partial charge on any atom is -0.379 e. The molecule has 0 radical (unpaired) electrons. The Morgan fingerprint density at radius 3 is 2.81 bits per heavy atom. The predicted molar refractivity (Wildman–Crippen MR) is 81.4 cm³/mol. The zero-order chi connectivity index (χ0) is 14.7. The third kappa shape index (κ3) is 3.36. The van der Waals surface area contributed by atoms with Crippen LogP contribution < -0.4 is 0 Å². The Bertz CT molecular complexity index is 610. The number of nitrogens with zero attached hydrogens (tertiary/aromatic N) is 3. The van der Waals surface area contributed by atoms with E-state index in [0.29, 0.717) is 17.8 Å². The molecule has 0 amide bonds. The third-order valence-electron chi connectivity index (χ3n) is 3.85. The highest BCUT2D eigenvalue weighted by Crippen LogP contribution is 2.18. The molecule has 0 N–H and O–H groups in total. The molecule has 1 fully saturated rings. The van der Waals surface area contributed by atoms with Crippen molar-refractivity contribution in [2.24, 2.45) is 0 Å². The zero-order valence-corrected chi connectivity index (χ0v) is 12.7. The van der Waals surface area contributed by atoms with E-state index < -0.39 is 0 Å². The molecule has 6 heteroatoms. The van der Waals surface area contributed by atoms with Crippen LogP contribution in [0.4, 0.5) is 4.39 Å². The Labute approximate surface area is 128 Å². The maximum atomic E-state index is 13.3. The lowest BCUT2D eigenvalue weighted by Crippen LogP contribution is -2.38. The minimum atomic E-state index is -0.252. The molecule has 1 aliphatic rings. The zero-order valence-electron chi connectivity index (χ0n) is 11.9. The summed E-state index contributed by atoms with van der Waals surface area (Å²) in [5.41, 5.74) is 1.68. The molecule has 1 saturated heterocycles. The van der Waals surface area contributed by atoms with E-state index >= 15 is 0 Å². The normalized spacial score (nSPS) is 16.7. The highest BCUT2D eigenvalue weighted by Gasteiger charge is 2.14. The Morgan fingerprint density at radius 2 is 2.05 bits per heavy atom. The van der Waals surface area contributed by atoms with E-state index in [4.69, 9.17) is 16.3 Å². The fourth-order valence-corrected chi connectivity index (χ4v) is 2.91. The molecule has 0 saturated carbocycles. The van der Waals surface area contributed by atoms with E-state index in [0.717, 1.165) is 50.7 Å². The number of imidazole rings is 1. The summed E-state index contributed by atoms with van der Waals surface area (Å²) in [6.45, 7) is 5.31. The number of hydrogen-bond acceptors (Lipinski definition) is 3. The molecule has 1 aromatic carbocycles. The molecule has 1 aromatic heterocycles. The third-order valence-corrected chi connectivity index (χ3v) is 4.04. The van der Waals surface area contributed by atoms with Gasteiger partial charge in [-0.25, -0.2) is 9.37 Å². The van der Waals surface area contributed by atoms with Gasteiger partial charge in [0, 0.05) is 44.5 Å². The number of fused-ring (bicyclic) bond motifs is 1. The summed E-state index contributed by atoms with van der Waals surface area (Å²) < 4.78 is 20.9. The predicted octanol–water partition coefficient (Wildman–Crippen LogP) is 2.29. The van der Waals surface area contributed by atoms with Gasteiger partial charge in [-0.2, -0.15) is 0 Å². The molecule has 0 atom stereocenters. The summed E-state index contributed by atoms with van der Waals surface area (Å²) in [5, 5.41) is 0. The molecule has 0 aliphatic carbocycles. The van der Waals surface area contributed by atoms with Crippen LogP contribution in [0.5, 0.6) is 0 Å². The van der Waals surface area contributed by atoms with Crippen molar-refractivity contribution in [1.82, 2.24) is 14.5 Å². The van der Waals surface area contributed by atoms with Crippen LogP contribution in [0.1, 0.15) is 5.82 Å². The Morgan fingerprint density at radius 1 is 1.24 bits per heavy atom. The topological polar surface area (TPSA) is 30.3 Å². The summed E-state index contributed by atoms with van der Waals surface area (Å²) in [6, 6.07) is 4.77. The molecular weight excluding hydrogens is 293 g/mol. The van der Waals surface area contributed by atoms with Crippen molar-refractivity contribution in [2.45, 2.75) is 13.0 Å². The van der Waals surface area contributed by atoms with Crippen LogP contribution in [-0.2, 0) is 17.7 Å². The van der Waals surface area contributed by atoms with Gasteiger partial charge in [-0.3, -0.25) is 4.90 Å². The lowest BCUT2D eigenvalue weighted by Gasteiger charge is -2.27. The average molecular weight is 312 g/mol. The second-order valence-corrected chi connectivity index (χ2v) is 5.58. The quantitative estimate of drug-likeness (QED) is 0.794. The van der Waals surface area contributed by atoms with Gasteiger partial charge in [0.15, 0.2) is 0 Å². The van der Waals surface area contributed by atoms with Crippen molar-refractivity contribution in [3.8, 4) is 0 Å². The largest absolute Gasteiger partial charge is 0.379 e. The molecule has 0 bridgehead atoms. The standard InChI is InChI=1S/C15H19ClFN3O/c16-4-3-15-18-13-11-12(17)1-2-14(13)20(15)6-5-19-7-9-21-10-8-19/h1-2,11H,3-10H2. The number of alkyl halides is 1. The number of ether oxygens (including phenoxy) is 1. The first kappa shape index (κ1) is 14.8. The molecule has 2 heterocycles. The number of rotatable bonds is 5. The van der Waals surface area contributed by atoms with Crippen LogP contribution in [0.3, 0.4) is 0 Å². The van der Waals surface area contributed by atoms with Crippen molar-refractivity contribution in [1.29, 1.82) is 0 Å². The van der Waals surface area contributed by atoms with E-state index in [1.54, 1.807) is 6.07 Å². The van der Waals surface area contributed by atoms with Crippen LogP contribution in [-0.4, -0.2) is 53.2 Å². The fourth-order valence-electron chi connectivity index (χ4n) is 2.74. The molecule has 0 unspecified atom stereocenters. The van der Waals surface area contributed by atoms with Crippen LogP contribution in [0.25, 0.3) is 11.0 Å². The molecule has 114 valence electrons. The monoisotopic (exact) mass is 311 g/mol. The first-order valence-corrected chi connectivity index (χ1v) is 7.82. The molecule has 21 heavy (non-hydrogen) atoms. The van der Waals surface area contributed by atoms with E-state index in [1.807, 2.05) is 0 Å². The lowest BCUT2D eigenvalue weighted by molar-refractivity contribution is 0.0364. The summed E-state index contributed by atoms with van der Waals surface area (Å²) in [4.78, 5) is 6.90. The highest BCUT2D eigenvalue weighted by atomic mass is 35.5. The van der Waals surface area contributed by atoms with Gasteiger partial charge in [0.05, 0.1) is 24.2 Å². The number of morpholine rings is 1. The molecule has 3 rings (SSSR count). The van der Waals surface area contributed by atoms with Crippen LogP contribution in [0, 0.1) is 5.82 Å². The maximum Gasteiger partial charge on any atom is 0.125 e. The Balaban J connectivity index is 1.82. The number of hydrogen-bond donors (Lipinski definition) is 0. The van der Waals surface area contributed by atoms with E-state index in [-0.39, 0.29) is 5.82 Å². The molecule has 0 spiro atoms. The van der Waals surface area contributed by atoms with Gasteiger partial charge in [0.1, 0.15) is 11.6 Å². The van der Waals surface area contributed by atoms with Gasteiger partial charge in [-0.05, 0) is 12.1 Å². The molecule has 1 aliphatic heterocycles. The van der Waals surface area contributed by atoms with Gasteiger partial charge in [-0.15, -0.1) is 11.6 Å². The SMILES string of the molecule is Fc1ccc2c(c1)nc(CCCl)n2CCN1CCOCC1.